The SMILES string of the molecule is Cc1ccc(-c2c(N)n[nH]c2-c2cccc(F)c2F)cc1. The molecule has 3 N–H and O–H groups in total. The number of nitrogen functional groups attached to an aromatic ring is 1. The van der Waals surface area contributed by atoms with Crippen LogP contribution in [-0.2, 0) is 0 Å². The summed E-state index contributed by atoms with van der Waals surface area (Å²) in [5, 5.41) is 6.62. The Hall–Kier alpha value is -2.69. The molecule has 1 aromatic heterocycles. The van der Waals surface area contributed by atoms with Gasteiger partial charge in [-0.1, -0.05) is 35.9 Å². The van der Waals surface area contributed by atoms with Gasteiger partial charge in [0, 0.05) is 5.56 Å². The van der Waals surface area contributed by atoms with Crippen molar-refractivity contribution in [3.05, 3.63) is 59.7 Å². The molecule has 21 heavy (non-hydrogen) atoms. The Morgan fingerprint density at radius 1 is 1.05 bits per heavy atom. The normalized spacial score (nSPS) is 10.8. The van der Waals surface area contributed by atoms with Crippen molar-refractivity contribution in [1.82, 2.24) is 10.2 Å². The monoisotopic (exact) mass is 285 g/mol. The van der Waals surface area contributed by atoms with E-state index in [2.05, 4.69) is 10.2 Å². The molecule has 3 rings (SSSR count). The molecular formula is C16H13F2N3. The van der Waals surface area contributed by atoms with E-state index >= 15 is 0 Å². The van der Waals surface area contributed by atoms with Gasteiger partial charge in [0.05, 0.1) is 11.3 Å². The molecular weight excluding hydrogens is 272 g/mol. The third-order valence-corrected chi connectivity index (χ3v) is 3.36. The van der Waals surface area contributed by atoms with Crippen LogP contribution >= 0.6 is 0 Å². The van der Waals surface area contributed by atoms with Crippen LogP contribution in [0.15, 0.2) is 42.5 Å². The molecule has 0 saturated carbocycles. The molecule has 0 radical (unpaired) electrons. The number of benzene rings is 2. The number of aromatic amines is 1. The molecule has 0 spiro atoms. The molecule has 0 amide bonds. The molecule has 0 fully saturated rings. The van der Waals surface area contributed by atoms with E-state index in [9.17, 15) is 8.78 Å². The lowest BCUT2D eigenvalue weighted by Gasteiger charge is -2.07. The zero-order valence-electron chi connectivity index (χ0n) is 11.3. The van der Waals surface area contributed by atoms with Crippen molar-refractivity contribution < 1.29 is 8.78 Å². The van der Waals surface area contributed by atoms with E-state index < -0.39 is 11.6 Å². The summed E-state index contributed by atoms with van der Waals surface area (Å²) in [5.74, 6) is -1.58. The number of aryl methyl sites for hydroxylation is 1. The highest BCUT2D eigenvalue weighted by atomic mass is 19.2. The van der Waals surface area contributed by atoms with E-state index in [0.29, 0.717) is 11.3 Å². The van der Waals surface area contributed by atoms with Gasteiger partial charge in [0.1, 0.15) is 0 Å². The number of nitrogens with one attached hydrogen (secondary N) is 1. The van der Waals surface area contributed by atoms with Gasteiger partial charge in [0.2, 0.25) is 0 Å². The second-order valence-electron chi connectivity index (χ2n) is 4.83. The Labute approximate surface area is 120 Å². The smallest absolute Gasteiger partial charge is 0.168 e. The molecule has 0 aliphatic heterocycles. The average Bonchev–Trinajstić information content (AvgIpc) is 2.85. The van der Waals surface area contributed by atoms with Gasteiger partial charge in [0.25, 0.3) is 0 Å². The highest BCUT2D eigenvalue weighted by Gasteiger charge is 2.19. The first-order valence-electron chi connectivity index (χ1n) is 6.43. The van der Waals surface area contributed by atoms with Crippen LogP contribution in [0.1, 0.15) is 5.56 Å². The second-order valence-corrected chi connectivity index (χ2v) is 4.83. The maximum Gasteiger partial charge on any atom is 0.168 e. The first kappa shape index (κ1) is 13.3. The first-order valence-corrected chi connectivity index (χ1v) is 6.43. The molecule has 106 valence electrons. The highest BCUT2D eigenvalue weighted by Crippen LogP contribution is 2.36. The Balaban J connectivity index is 2.22. The summed E-state index contributed by atoms with van der Waals surface area (Å²) in [6, 6.07) is 11.6. The highest BCUT2D eigenvalue weighted by molar-refractivity contribution is 5.87. The third kappa shape index (κ3) is 2.27. The minimum absolute atomic E-state index is 0.106. The molecule has 0 aliphatic rings. The molecule has 0 saturated heterocycles. The van der Waals surface area contributed by atoms with Crippen LogP contribution < -0.4 is 5.73 Å². The fourth-order valence-electron chi connectivity index (χ4n) is 2.26. The Morgan fingerprint density at radius 3 is 2.48 bits per heavy atom. The average molecular weight is 285 g/mol. The fourth-order valence-corrected chi connectivity index (χ4v) is 2.26. The zero-order valence-corrected chi connectivity index (χ0v) is 11.3. The topological polar surface area (TPSA) is 54.7 Å². The molecule has 1 heterocycles. The van der Waals surface area contributed by atoms with Crippen LogP contribution in [0.2, 0.25) is 0 Å². The van der Waals surface area contributed by atoms with Gasteiger partial charge in [-0.3, -0.25) is 5.10 Å². The predicted octanol–water partition coefficient (Wildman–Crippen LogP) is 3.91. The number of hydrogen-bond donors (Lipinski definition) is 2. The molecule has 3 aromatic rings. The third-order valence-electron chi connectivity index (χ3n) is 3.36. The van der Waals surface area contributed by atoms with E-state index in [1.165, 1.54) is 12.1 Å². The van der Waals surface area contributed by atoms with E-state index in [4.69, 9.17) is 5.73 Å². The standard InChI is InChI=1S/C16H13F2N3/c1-9-5-7-10(8-6-9)13-15(20-21-16(13)19)11-3-2-4-12(17)14(11)18/h2-8H,1H3,(H3,19,20,21). The number of nitrogens with two attached hydrogens (primary N) is 1. The summed E-state index contributed by atoms with van der Waals surface area (Å²) in [5.41, 5.74) is 8.82. The van der Waals surface area contributed by atoms with Gasteiger partial charge in [-0.25, -0.2) is 8.78 Å². The Kier molecular flexibility index (Phi) is 3.17. The molecule has 0 unspecified atom stereocenters. The van der Waals surface area contributed by atoms with Crippen molar-refractivity contribution >= 4 is 5.82 Å². The Bertz CT molecular complexity index is 792. The summed E-state index contributed by atoms with van der Waals surface area (Å²) < 4.78 is 27.4. The van der Waals surface area contributed by atoms with Crippen LogP contribution in [0.5, 0.6) is 0 Å². The maximum absolute atomic E-state index is 14.0. The van der Waals surface area contributed by atoms with E-state index in [1.807, 2.05) is 31.2 Å². The summed E-state index contributed by atoms with van der Waals surface area (Å²) >= 11 is 0. The van der Waals surface area contributed by atoms with Crippen LogP contribution in [0.25, 0.3) is 22.4 Å². The van der Waals surface area contributed by atoms with Gasteiger partial charge in [-0.05, 0) is 24.6 Å². The summed E-state index contributed by atoms with van der Waals surface area (Å²) in [6.45, 7) is 1.97. The van der Waals surface area contributed by atoms with Crippen molar-refractivity contribution in [1.29, 1.82) is 0 Å². The summed E-state index contributed by atoms with van der Waals surface area (Å²) in [7, 11) is 0. The lowest BCUT2D eigenvalue weighted by Crippen LogP contribution is -1.92. The minimum atomic E-state index is -0.922. The number of nitrogens with zero attached hydrogens (tertiary/aromatic N) is 1. The number of anilines is 1. The number of H-pyrrole nitrogens is 1. The molecule has 2 aromatic carbocycles. The van der Waals surface area contributed by atoms with Crippen LogP contribution in [-0.4, -0.2) is 10.2 Å². The van der Waals surface area contributed by atoms with Crippen molar-refractivity contribution in [2.45, 2.75) is 6.92 Å². The van der Waals surface area contributed by atoms with E-state index in [0.717, 1.165) is 17.2 Å². The van der Waals surface area contributed by atoms with Crippen molar-refractivity contribution in [2.75, 3.05) is 5.73 Å². The van der Waals surface area contributed by atoms with Crippen molar-refractivity contribution in [3.63, 3.8) is 0 Å². The largest absolute Gasteiger partial charge is 0.382 e. The summed E-state index contributed by atoms with van der Waals surface area (Å²) in [4.78, 5) is 0. The van der Waals surface area contributed by atoms with Crippen LogP contribution in [0.4, 0.5) is 14.6 Å². The van der Waals surface area contributed by atoms with Crippen molar-refractivity contribution in [3.8, 4) is 22.4 Å². The number of aromatic nitrogens is 2. The van der Waals surface area contributed by atoms with E-state index in [-0.39, 0.29) is 11.4 Å². The second kappa shape index (κ2) is 5.01. The lowest BCUT2D eigenvalue weighted by atomic mass is 9.99. The van der Waals surface area contributed by atoms with Gasteiger partial charge in [0.15, 0.2) is 17.5 Å². The maximum atomic E-state index is 14.0. The number of rotatable bonds is 2. The lowest BCUT2D eigenvalue weighted by molar-refractivity contribution is 0.511. The van der Waals surface area contributed by atoms with Gasteiger partial charge < -0.3 is 5.73 Å². The molecule has 0 atom stereocenters. The van der Waals surface area contributed by atoms with Gasteiger partial charge >= 0.3 is 0 Å². The molecule has 0 bridgehead atoms. The predicted molar refractivity (Wildman–Crippen MR) is 78.5 cm³/mol. The van der Waals surface area contributed by atoms with Crippen LogP contribution in [0.3, 0.4) is 0 Å². The quantitative estimate of drug-likeness (QED) is 0.750. The number of hydrogen-bond acceptors (Lipinski definition) is 2. The van der Waals surface area contributed by atoms with Crippen LogP contribution in [0, 0.1) is 18.6 Å². The molecule has 3 nitrogen and oxygen atoms in total. The van der Waals surface area contributed by atoms with Crippen molar-refractivity contribution in [2.24, 2.45) is 0 Å². The summed E-state index contributed by atoms with van der Waals surface area (Å²) in [6.07, 6.45) is 0. The minimum Gasteiger partial charge on any atom is -0.382 e. The Morgan fingerprint density at radius 2 is 1.76 bits per heavy atom. The zero-order chi connectivity index (χ0) is 15.0. The first-order chi connectivity index (χ1) is 10.1. The molecule has 5 heteroatoms. The number of halogens is 2. The van der Waals surface area contributed by atoms with E-state index in [1.54, 1.807) is 0 Å². The fraction of sp³-hybridized carbons (Fsp3) is 0.0625. The van der Waals surface area contributed by atoms with Gasteiger partial charge in [-0.2, -0.15) is 5.10 Å². The van der Waals surface area contributed by atoms with Gasteiger partial charge in [-0.15, -0.1) is 0 Å². The molecule has 0 aliphatic carbocycles.